The van der Waals surface area contributed by atoms with Crippen molar-refractivity contribution in [1.29, 1.82) is 0 Å². The minimum atomic E-state index is -0.590. The Morgan fingerprint density at radius 3 is 2.45 bits per heavy atom. The second kappa shape index (κ2) is 6.55. The summed E-state index contributed by atoms with van der Waals surface area (Å²) in [4.78, 5) is 26.2. The lowest BCUT2D eigenvalue weighted by Crippen LogP contribution is -2.49. The van der Waals surface area contributed by atoms with Crippen LogP contribution in [0.5, 0.6) is 0 Å². The van der Waals surface area contributed by atoms with Crippen molar-refractivity contribution in [3.8, 4) is 0 Å². The highest BCUT2D eigenvalue weighted by Crippen LogP contribution is 2.34. The minimum Gasteiger partial charge on any atom is -0.467 e. The van der Waals surface area contributed by atoms with Gasteiger partial charge in [-0.15, -0.1) is 0 Å². The van der Waals surface area contributed by atoms with Gasteiger partial charge in [0.2, 0.25) is 0 Å². The van der Waals surface area contributed by atoms with Crippen LogP contribution in [0.3, 0.4) is 0 Å². The van der Waals surface area contributed by atoms with Crippen molar-refractivity contribution in [3.05, 3.63) is 24.3 Å². The third-order valence-corrected chi connectivity index (χ3v) is 4.01. The van der Waals surface area contributed by atoms with Gasteiger partial charge >= 0.3 is 12.1 Å². The first-order valence-electron chi connectivity index (χ1n) is 7.76. The summed E-state index contributed by atoms with van der Waals surface area (Å²) in [6.45, 7) is 5.48. The first-order valence-corrected chi connectivity index (χ1v) is 7.76. The molecule has 1 saturated heterocycles. The number of hydrogen-bond donors (Lipinski definition) is 0. The molecule has 0 aromatic heterocycles. The first kappa shape index (κ1) is 16.6. The quantitative estimate of drug-likeness (QED) is 0.736. The molecule has 0 aromatic rings. The summed E-state index contributed by atoms with van der Waals surface area (Å²) >= 11 is 0. The lowest BCUT2D eigenvalue weighted by Gasteiger charge is -2.34. The molecule has 3 atom stereocenters. The molecule has 2 aliphatic rings. The van der Waals surface area contributed by atoms with Crippen LogP contribution in [-0.2, 0) is 14.3 Å². The van der Waals surface area contributed by atoms with Crippen molar-refractivity contribution < 1.29 is 19.1 Å². The van der Waals surface area contributed by atoms with E-state index in [-0.39, 0.29) is 17.9 Å². The molecule has 122 valence electrons. The molecule has 0 bridgehead atoms. The van der Waals surface area contributed by atoms with Crippen molar-refractivity contribution in [1.82, 2.24) is 4.90 Å². The maximum Gasteiger partial charge on any atom is 0.411 e. The minimum absolute atomic E-state index is 0.0276. The normalized spacial score (nSPS) is 27.8. The second-order valence-electron chi connectivity index (χ2n) is 6.78. The van der Waals surface area contributed by atoms with Gasteiger partial charge in [0.15, 0.2) is 0 Å². The topological polar surface area (TPSA) is 55.8 Å². The van der Waals surface area contributed by atoms with Gasteiger partial charge in [-0.05, 0) is 40.0 Å². The number of rotatable bonds is 2. The molecule has 1 fully saturated rings. The molecule has 0 N–H and O–H groups in total. The molecule has 1 unspecified atom stereocenters. The zero-order chi connectivity index (χ0) is 16.3. The van der Waals surface area contributed by atoms with Crippen LogP contribution in [-0.4, -0.2) is 41.8 Å². The van der Waals surface area contributed by atoms with E-state index >= 15 is 0 Å². The van der Waals surface area contributed by atoms with E-state index in [1.54, 1.807) is 4.90 Å². The molecule has 5 heteroatoms. The Kier molecular flexibility index (Phi) is 4.94. The molecule has 1 heterocycles. The van der Waals surface area contributed by atoms with Crippen LogP contribution in [0.15, 0.2) is 24.3 Å². The summed E-state index contributed by atoms with van der Waals surface area (Å²) in [5.41, 5.74) is -0.590. The summed E-state index contributed by atoms with van der Waals surface area (Å²) in [7, 11) is 1.35. The number of amides is 1. The number of allylic oxidation sites excluding steroid dienone is 3. The van der Waals surface area contributed by atoms with E-state index in [0.717, 1.165) is 12.8 Å². The van der Waals surface area contributed by atoms with Gasteiger partial charge in [0.1, 0.15) is 11.6 Å². The zero-order valence-corrected chi connectivity index (χ0v) is 13.7. The Bertz CT molecular complexity index is 489. The average Bonchev–Trinajstić information content (AvgIpc) is 2.90. The molecule has 5 nitrogen and oxygen atoms in total. The predicted octanol–water partition coefficient (Wildman–Crippen LogP) is 3.06. The lowest BCUT2D eigenvalue weighted by molar-refractivity contribution is -0.146. The van der Waals surface area contributed by atoms with Crippen LogP contribution >= 0.6 is 0 Å². The van der Waals surface area contributed by atoms with E-state index in [1.807, 2.05) is 32.9 Å². The van der Waals surface area contributed by atoms with E-state index in [0.29, 0.717) is 6.42 Å². The second-order valence-corrected chi connectivity index (χ2v) is 6.78. The zero-order valence-electron chi connectivity index (χ0n) is 13.7. The van der Waals surface area contributed by atoms with Gasteiger partial charge in [-0.3, -0.25) is 4.90 Å². The molecule has 0 spiro atoms. The highest BCUT2D eigenvalue weighted by molar-refractivity contribution is 5.82. The maximum absolute atomic E-state index is 12.6. The number of nitrogens with zero attached hydrogens (tertiary/aromatic N) is 1. The number of ether oxygens (including phenoxy) is 2. The third-order valence-electron chi connectivity index (χ3n) is 4.01. The molecule has 0 saturated carbocycles. The molecule has 1 aliphatic carbocycles. The summed E-state index contributed by atoms with van der Waals surface area (Å²) in [5, 5.41) is 0. The van der Waals surface area contributed by atoms with Crippen LogP contribution in [0.1, 0.15) is 40.0 Å². The molecule has 22 heavy (non-hydrogen) atoms. The molecular weight excluding hydrogens is 282 g/mol. The number of esters is 1. The van der Waals surface area contributed by atoms with E-state index in [4.69, 9.17) is 9.47 Å². The summed E-state index contributed by atoms with van der Waals surface area (Å²) < 4.78 is 10.4. The summed E-state index contributed by atoms with van der Waals surface area (Å²) in [6, 6.07) is -0.579. The Balaban J connectivity index is 2.21. The van der Waals surface area contributed by atoms with Gasteiger partial charge in [-0.25, -0.2) is 9.59 Å². The first-order chi connectivity index (χ1) is 10.3. The van der Waals surface area contributed by atoms with Gasteiger partial charge in [0.25, 0.3) is 0 Å². The largest absolute Gasteiger partial charge is 0.467 e. The van der Waals surface area contributed by atoms with Crippen molar-refractivity contribution in [2.24, 2.45) is 5.92 Å². The fourth-order valence-electron chi connectivity index (χ4n) is 3.09. The fourth-order valence-corrected chi connectivity index (χ4v) is 3.09. The molecule has 1 amide bonds. The van der Waals surface area contributed by atoms with Crippen LogP contribution in [0, 0.1) is 5.92 Å². The summed E-state index contributed by atoms with van der Waals surface area (Å²) in [5.74, 6) is -0.157. The Labute approximate surface area is 131 Å². The molecular formula is C17H25NO4. The van der Waals surface area contributed by atoms with E-state index < -0.39 is 17.7 Å². The number of hydrogen-bond acceptors (Lipinski definition) is 4. The highest BCUT2D eigenvalue weighted by Gasteiger charge is 2.45. The van der Waals surface area contributed by atoms with Crippen molar-refractivity contribution in [2.45, 2.75) is 57.7 Å². The molecule has 2 rings (SSSR count). The fraction of sp³-hybridized carbons (Fsp3) is 0.647. The standard InChI is InChI=1S/C17H25NO4/c1-17(2,3)22-16(20)18-13(12-8-6-5-7-9-12)10-11-14(18)15(19)21-4/h5-8,12-14H,9-11H2,1-4H3/t12?,13-,14+/m1/s1. The van der Waals surface area contributed by atoms with Crippen LogP contribution in [0.4, 0.5) is 4.79 Å². The molecule has 1 aliphatic heterocycles. The lowest BCUT2D eigenvalue weighted by atomic mass is 9.91. The Hall–Kier alpha value is -1.78. The SMILES string of the molecule is COC(=O)[C@@H]1CC[C@H](C2C=CC=CC2)N1C(=O)OC(C)(C)C. The van der Waals surface area contributed by atoms with Gasteiger partial charge in [-0.2, -0.15) is 0 Å². The number of carbonyl (C=O) groups excluding carboxylic acids is 2. The van der Waals surface area contributed by atoms with Gasteiger partial charge in [0, 0.05) is 12.0 Å². The van der Waals surface area contributed by atoms with Crippen molar-refractivity contribution in [3.63, 3.8) is 0 Å². The smallest absolute Gasteiger partial charge is 0.411 e. The molecule has 0 aromatic carbocycles. The van der Waals surface area contributed by atoms with Gasteiger partial charge < -0.3 is 9.47 Å². The van der Waals surface area contributed by atoms with E-state index in [2.05, 4.69) is 12.2 Å². The number of likely N-dealkylation sites (tertiary alicyclic amines) is 1. The van der Waals surface area contributed by atoms with E-state index in [1.165, 1.54) is 7.11 Å². The molecule has 0 radical (unpaired) electrons. The van der Waals surface area contributed by atoms with E-state index in [9.17, 15) is 9.59 Å². The Morgan fingerprint density at radius 1 is 1.18 bits per heavy atom. The summed E-state index contributed by atoms with van der Waals surface area (Å²) in [6.07, 6.45) is 10.0. The van der Waals surface area contributed by atoms with Crippen LogP contribution in [0.2, 0.25) is 0 Å². The van der Waals surface area contributed by atoms with Crippen LogP contribution in [0.25, 0.3) is 0 Å². The monoisotopic (exact) mass is 307 g/mol. The average molecular weight is 307 g/mol. The predicted molar refractivity (Wildman–Crippen MR) is 83.3 cm³/mol. The highest BCUT2D eigenvalue weighted by atomic mass is 16.6. The Morgan fingerprint density at radius 2 is 1.91 bits per heavy atom. The van der Waals surface area contributed by atoms with Gasteiger partial charge in [0.05, 0.1) is 7.11 Å². The number of carbonyl (C=O) groups is 2. The van der Waals surface area contributed by atoms with Crippen molar-refractivity contribution >= 4 is 12.1 Å². The third kappa shape index (κ3) is 3.70. The van der Waals surface area contributed by atoms with Crippen LogP contribution < -0.4 is 0 Å². The maximum atomic E-state index is 12.6. The van der Waals surface area contributed by atoms with Crippen molar-refractivity contribution in [2.75, 3.05) is 7.11 Å². The van der Waals surface area contributed by atoms with Gasteiger partial charge in [-0.1, -0.05) is 24.3 Å². The number of methoxy groups -OCH3 is 1.